The second kappa shape index (κ2) is 9.40. The molecule has 0 saturated heterocycles. The lowest BCUT2D eigenvalue weighted by atomic mass is 10.1. The summed E-state index contributed by atoms with van der Waals surface area (Å²) in [5, 5.41) is 3.44. The SMILES string of the molecule is CCCNC(C)c1ccccc1OC(CC)C(=O)OCC. The van der Waals surface area contributed by atoms with Gasteiger partial charge in [-0.05, 0) is 39.3 Å². The van der Waals surface area contributed by atoms with Gasteiger partial charge in [0, 0.05) is 11.6 Å². The molecule has 0 saturated carbocycles. The van der Waals surface area contributed by atoms with Gasteiger partial charge in [-0.3, -0.25) is 0 Å². The molecule has 21 heavy (non-hydrogen) atoms. The Balaban J connectivity index is 2.84. The topological polar surface area (TPSA) is 47.6 Å². The first-order chi connectivity index (χ1) is 10.1. The van der Waals surface area contributed by atoms with E-state index in [9.17, 15) is 4.79 Å². The summed E-state index contributed by atoms with van der Waals surface area (Å²) in [6.07, 6.45) is 1.11. The molecule has 0 aliphatic carbocycles. The lowest BCUT2D eigenvalue weighted by Crippen LogP contribution is -2.29. The molecule has 0 aliphatic rings. The second-order valence-electron chi connectivity index (χ2n) is 4.98. The predicted octanol–water partition coefficient (Wildman–Crippen LogP) is 3.47. The number of hydrogen-bond donors (Lipinski definition) is 1. The minimum atomic E-state index is -0.551. The molecule has 0 radical (unpaired) electrons. The third kappa shape index (κ3) is 5.38. The predicted molar refractivity (Wildman–Crippen MR) is 84.5 cm³/mol. The summed E-state index contributed by atoms with van der Waals surface area (Å²) in [5.74, 6) is 0.442. The molecule has 4 nitrogen and oxygen atoms in total. The molecule has 0 heterocycles. The summed E-state index contributed by atoms with van der Waals surface area (Å²) in [4.78, 5) is 11.9. The van der Waals surface area contributed by atoms with Crippen LogP contribution in [0.5, 0.6) is 5.75 Å². The number of esters is 1. The highest BCUT2D eigenvalue weighted by molar-refractivity contribution is 5.75. The molecule has 0 aromatic heterocycles. The summed E-state index contributed by atoms with van der Waals surface area (Å²) >= 11 is 0. The fourth-order valence-electron chi connectivity index (χ4n) is 2.10. The second-order valence-corrected chi connectivity index (χ2v) is 4.98. The molecule has 0 spiro atoms. The number of para-hydroxylation sites is 1. The van der Waals surface area contributed by atoms with Gasteiger partial charge in [0.25, 0.3) is 0 Å². The van der Waals surface area contributed by atoms with E-state index < -0.39 is 6.10 Å². The van der Waals surface area contributed by atoms with Crippen molar-refractivity contribution in [1.29, 1.82) is 0 Å². The van der Waals surface area contributed by atoms with Gasteiger partial charge in [-0.2, -0.15) is 0 Å². The Bertz CT molecular complexity index is 434. The van der Waals surface area contributed by atoms with Crippen LogP contribution in [-0.4, -0.2) is 25.2 Å². The van der Waals surface area contributed by atoms with Crippen molar-refractivity contribution in [2.45, 2.75) is 52.7 Å². The van der Waals surface area contributed by atoms with E-state index in [1.807, 2.05) is 31.2 Å². The van der Waals surface area contributed by atoms with Crippen LogP contribution in [0.4, 0.5) is 0 Å². The first kappa shape index (κ1) is 17.5. The minimum absolute atomic E-state index is 0.181. The zero-order valence-electron chi connectivity index (χ0n) is 13.5. The molecule has 2 atom stereocenters. The maximum atomic E-state index is 11.9. The van der Waals surface area contributed by atoms with Crippen LogP contribution in [0, 0.1) is 0 Å². The van der Waals surface area contributed by atoms with Gasteiger partial charge in [0.1, 0.15) is 5.75 Å². The minimum Gasteiger partial charge on any atom is -0.478 e. The molecule has 1 rings (SSSR count). The van der Waals surface area contributed by atoms with Crippen LogP contribution in [0.2, 0.25) is 0 Å². The van der Waals surface area contributed by atoms with E-state index in [0.717, 1.165) is 24.3 Å². The van der Waals surface area contributed by atoms with Crippen molar-refractivity contribution in [3.8, 4) is 5.75 Å². The van der Waals surface area contributed by atoms with Crippen molar-refractivity contribution in [3.05, 3.63) is 29.8 Å². The Kier molecular flexibility index (Phi) is 7.83. The van der Waals surface area contributed by atoms with E-state index in [1.165, 1.54) is 0 Å². The molecule has 0 aliphatic heterocycles. The van der Waals surface area contributed by atoms with E-state index in [2.05, 4.69) is 19.2 Å². The maximum absolute atomic E-state index is 11.9. The van der Waals surface area contributed by atoms with Crippen LogP contribution >= 0.6 is 0 Å². The van der Waals surface area contributed by atoms with E-state index in [1.54, 1.807) is 6.92 Å². The molecule has 1 aromatic carbocycles. The fourth-order valence-corrected chi connectivity index (χ4v) is 2.10. The summed E-state index contributed by atoms with van der Waals surface area (Å²) in [7, 11) is 0. The van der Waals surface area contributed by atoms with Gasteiger partial charge in [-0.15, -0.1) is 0 Å². The van der Waals surface area contributed by atoms with E-state index in [4.69, 9.17) is 9.47 Å². The molecule has 4 heteroatoms. The van der Waals surface area contributed by atoms with Gasteiger partial charge < -0.3 is 14.8 Å². The average molecular weight is 293 g/mol. The van der Waals surface area contributed by atoms with Crippen LogP contribution in [0.1, 0.15) is 52.1 Å². The zero-order chi connectivity index (χ0) is 15.7. The Morgan fingerprint density at radius 3 is 2.57 bits per heavy atom. The third-order valence-corrected chi connectivity index (χ3v) is 3.28. The number of carbonyl (C=O) groups is 1. The van der Waals surface area contributed by atoms with Crippen LogP contribution < -0.4 is 10.1 Å². The first-order valence-electron chi connectivity index (χ1n) is 7.79. The van der Waals surface area contributed by atoms with Gasteiger partial charge in [0.2, 0.25) is 0 Å². The quantitative estimate of drug-likeness (QED) is 0.708. The van der Waals surface area contributed by atoms with Crippen molar-refractivity contribution in [1.82, 2.24) is 5.32 Å². The smallest absolute Gasteiger partial charge is 0.347 e. The summed E-state index contributed by atoms with van der Waals surface area (Å²) in [6, 6.07) is 8.02. The molecule has 1 aromatic rings. The summed E-state index contributed by atoms with van der Waals surface area (Å²) in [6.45, 7) is 9.27. The van der Waals surface area contributed by atoms with Gasteiger partial charge in [-0.1, -0.05) is 32.0 Å². The van der Waals surface area contributed by atoms with Gasteiger partial charge >= 0.3 is 5.97 Å². The van der Waals surface area contributed by atoms with E-state index in [0.29, 0.717) is 13.0 Å². The lowest BCUT2D eigenvalue weighted by Gasteiger charge is -2.21. The maximum Gasteiger partial charge on any atom is 0.347 e. The van der Waals surface area contributed by atoms with Crippen LogP contribution in [-0.2, 0) is 9.53 Å². The summed E-state index contributed by atoms with van der Waals surface area (Å²) < 4.78 is 10.9. The highest BCUT2D eigenvalue weighted by Crippen LogP contribution is 2.26. The van der Waals surface area contributed by atoms with Crippen LogP contribution in [0.3, 0.4) is 0 Å². The number of nitrogens with one attached hydrogen (secondary N) is 1. The zero-order valence-corrected chi connectivity index (χ0v) is 13.5. The first-order valence-corrected chi connectivity index (χ1v) is 7.79. The molecule has 0 fully saturated rings. The van der Waals surface area contributed by atoms with Crippen molar-refractivity contribution in [2.75, 3.05) is 13.2 Å². The highest BCUT2D eigenvalue weighted by atomic mass is 16.6. The van der Waals surface area contributed by atoms with Crippen molar-refractivity contribution < 1.29 is 14.3 Å². The molecular formula is C17H27NO3. The molecule has 2 unspecified atom stereocenters. The van der Waals surface area contributed by atoms with E-state index >= 15 is 0 Å². The molecule has 0 bridgehead atoms. The Hall–Kier alpha value is -1.55. The highest BCUT2D eigenvalue weighted by Gasteiger charge is 2.21. The van der Waals surface area contributed by atoms with Crippen LogP contribution in [0.15, 0.2) is 24.3 Å². The Morgan fingerprint density at radius 2 is 1.95 bits per heavy atom. The molecule has 1 N–H and O–H groups in total. The standard InChI is InChI=1S/C17H27NO3/c1-5-12-18-13(4)14-10-8-9-11-16(14)21-15(6-2)17(19)20-7-3/h8-11,13,15,18H,5-7,12H2,1-4H3. The number of rotatable bonds is 9. The largest absolute Gasteiger partial charge is 0.478 e. The number of hydrogen-bond acceptors (Lipinski definition) is 4. The number of ether oxygens (including phenoxy) is 2. The molecule has 118 valence electrons. The summed E-state index contributed by atoms with van der Waals surface area (Å²) in [5.41, 5.74) is 1.06. The monoisotopic (exact) mass is 293 g/mol. The van der Waals surface area contributed by atoms with Gasteiger partial charge in [-0.25, -0.2) is 4.79 Å². The number of carbonyl (C=O) groups excluding carboxylic acids is 1. The van der Waals surface area contributed by atoms with E-state index in [-0.39, 0.29) is 12.0 Å². The molecular weight excluding hydrogens is 266 g/mol. The number of benzene rings is 1. The molecule has 0 amide bonds. The normalized spacial score (nSPS) is 13.5. The van der Waals surface area contributed by atoms with Gasteiger partial charge in [0.05, 0.1) is 6.61 Å². The van der Waals surface area contributed by atoms with Crippen molar-refractivity contribution in [3.63, 3.8) is 0 Å². The Morgan fingerprint density at radius 1 is 1.24 bits per heavy atom. The lowest BCUT2D eigenvalue weighted by molar-refractivity contribution is -0.151. The Labute approximate surface area is 127 Å². The van der Waals surface area contributed by atoms with Gasteiger partial charge in [0.15, 0.2) is 6.10 Å². The van der Waals surface area contributed by atoms with Crippen molar-refractivity contribution >= 4 is 5.97 Å². The fraction of sp³-hybridized carbons (Fsp3) is 0.588. The average Bonchev–Trinajstić information content (AvgIpc) is 2.50. The van der Waals surface area contributed by atoms with Crippen molar-refractivity contribution in [2.24, 2.45) is 0 Å². The third-order valence-electron chi connectivity index (χ3n) is 3.28. The van der Waals surface area contributed by atoms with Crippen LogP contribution in [0.25, 0.3) is 0 Å².